The van der Waals surface area contributed by atoms with E-state index in [-0.39, 0.29) is 22.2 Å². The molecule has 0 aromatic carbocycles. The Morgan fingerprint density at radius 1 is 1.42 bits per heavy atom. The number of nitrogens with one attached hydrogen (secondary N) is 1. The number of β-lactam (4-membered cyclic amide) rings is 1. The minimum absolute atomic E-state index is 0.0764. The number of hydrogen-bond acceptors (Lipinski definition) is 10. The number of nitrogen functional groups attached to an aromatic ring is 1. The van der Waals surface area contributed by atoms with Crippen molar-refractivity contribution in [2.24, 2.45) is 5.16 Å². The zero-order valence-corrected chi connectivity index (χ0v) is 17.8. The Morgan fingerprint density at radius 3 is 2.48 bits per heavy atom. The molecule has 14 nitrogen and oxygen atoms in total. The highest BCUT2D eigenvalue weighted by Crippen LogP contribution is 2.40. The highest BCUT2D eigenvalue weighted by molar-refractivity contribution is 8.00. The molecule has 0 bridgehead atoms. The molecule has 0 aliphatic carbocycles. The fourth-order valence-corrected chi connectivity index (χ4v) is 4.51. The highest BCUT2D eigenvalue weighted by atomic mass is 32.2. The molecule has 3 heterocycles. The second-order valence-electron chi connectivity index (χ2n) is 5.78. The third-order valence-electron chi connectivity index (χ3n) is 3.81. The Hall–Kier alpha value is -2.75. The molecule has 2 aliphatic heterocycles. The summed E-state index contributed by atoms with van der Waals surface area (Å²) in [6, 6.07) is -0.944. The Bertz CT molecular complexity index is 1020. The standard InChI is InChI=1S/C14H13N5O5S2.H3O4P/c1-2-5-3-25-12-8(11(21)19(12)9(5)13(22)23)17-10(20)7(18-24)6-4-26-14(15)16-6;1-5(2,3)4/h2,4,8,12,24H,1,3H2,(H2,15,16)(H,17,20)(H,22,23);(H3,1,2,3,4)/t8-,12-;/m1./s1. The number of carbonyl (C=O) groups excluding carboxylic acids is 2. The number of carbonyl (C=O) groups is 3. The maximum absolute atomic E-state index is 12.4. The van der Waals surface area contributed by atoms with Gasteiger partial charge in [0.15, 0.2) is 10.8 Å². The number of carboxylic acids is 1. The number of oxime groups is 1. The fourth-order valence-electron chi connectivity index (χ4n) is 2.62. The predicted octanol–water partition coefficient (Wildman–Crippen LogP) is -1.10. The van der Waals surface area contributed by atoms with Crippen molar-refractivity contribution in [2.45, 2.75) is 11.4 Å². The molecule has 0 radical (unpaired) electrons. The maximum Gasteiger partial charge on any atom is 0.466 e. The Balaban J connectivity index is 0.000000614. The molecule has 0 saturated carbocycles. The third kappa shape index (κ3) is 5.69. The normalized spacial score (nSPS) is 20.8. The molecule has 0 spiro atoms. The van der Waals surface area contributed by atoms with Crippen molar-refractivity contribution in [1.82, 2.24) is 15.2 Å². The van der Waals surface area contributed by atoms with Crippen LogP contribution in [0.15, 0.2) is 34.5 Å². The summed E-state index contributed by atoms with van der Waals surface area (Å²) in [6.07, 6.45) is 1.40. The Labute approximate surface area is 182 Å². The highest BCUT2D eigenvalue weighted by Gasteiger charge is 2.54. The van der Waals surface area contributed by atoms with E-state index in [9.17, 15) is 19.5 Å². The van der Waals surface area contributed by atoms with Crippen LogP contribution in [0.25, 0.3) is 0 Å². The first-order valence-electron chi connectivity index (χ1n) is 7.95. The Kier molecular flexibility index (Phi) is 7.58. The zero-order chi connectivity index (χ0) is 23.5. The fraction of sp³-hybridized carbons (Fsp3) is 0.214. The number of nitrogens with zero attached hydrogens (tertiary/aromatic N) is 3. The lowest BCUT2D eigenvalue weighted by Crippen LogP contribution is -2.71. The largest absolute Gasteiger partial charge is 0.477 e. The van der Waals surface area contributed by atoms with Gasteiger partial charge in [0.25, 0.3) is 11.8 Å². The molecule has 168 valence electrons. The van der Waals surface area contributed by atoms with Crippen LogP contribution >= 0.6 is 30.9 Å². The van der Waals surface area contributed by atoms with Gasteiger partial charge in [-0.2, -0.15) is 0 Å². The van der Waals surface area contributed by atoms with Crippen LogP contribution in [0.2, 0.25) is 0 Å². The Morgan fingerprint density at radius 2 is 2.03 bits per heavy atom. The van der Waals surface area contributed by atoms with Gasteiger partial charge in [0.05, 0.1) is 0 Å². The molecule has 1 saturated heterocycles. The predicted molar refractivity (Wildman–Crippen MR) is 109 cm³/mol. The summed E-state index contributed by atoms with van der Waals surface area (Å²) in [4.78, 5) is 62.7. The topological polar surface area (TPSA) is 236 Å². The zero-order valence-electron chi connectivity index (χ0n) is 15.3. The number of amides is 2. The van der Waals surface area contributed by atoms with Crippen molar-refractivity contribution in [1.29, 1.82) is 0 Å². The maximum atomic E-state index is 12.4. The quantitative estimate of drug-likeness (QED) is 0.0851. The second-order valence-corrected chi connectivity index (χ2v) is 8.80. The number of fused-ring (bicyclic) bond motifs is 1. The summed E-state index contributed by atoms with van der Waals surface area (Å²) < 4.78 is 8.88. The van der Waals surface area contributed by atoms with Crippen LogP contribution < -0.4 is 11.1 Å². The van der Waals surface area contributed by atoms with Gasteiger partial charge < -0.3 is 36.0 Å². The van der Waals surface area contributed by atoms with Crippen molar-refractivity contribution >= 4 is 59.5 Å². The molecule has 0 unspecified atom stereocenters. The van der Waals surface area contributed by atoms with Crippen LogP contribution in [0.4, 0.5) is 5.13 Å². The number of aliphatic carboxylic acids is 1. The summed E-state index contributed by atoms with van der Waals surface area (Å²) in [7, 11) is -4.64. The van der Waals surface area contributed by atoms with Gasteiger partial charge >= 0.3 is 13.8 Å². The minimum atomic E-state index is -4.64. The van der Waals surface area contributed by atoms with Crippen LogP contribution in [0, 0.1) is 0 Å². The van der Waals surface area contributed by atoms with Gasteiger partial charge in [-0.1, -0.05) is 17.8 Å². The third-order valence-corrected chi connectivity index (χ3v) is 5.79. The molecule has 1 aromatic heterocycles. The molecule has 1 fully saturated rings. The van der Waals surface area contributed by atoms with E-state index in [0.29, 0.717) is 11.3 Å². The molecule has 2 amide bonds. The monoisotopic (exact) mass is 493 g/mol. The van der Waals surface area contributed by atoms with Gasteiger partial charge in [0.1, 0.15) is 22.8 Å². The van der Waals surface area contributed by atoms with Crippen molar-refractivity contribution in [2.75, 3.05) is 11.5 Å². The van der Waals surface area contributed by atoms with Gasteiger partial charge in [0, 0.05) is 11.1 Å². The van der Waals surface area contributed by atoms with Crippen LogP contribution in [0.1, 0.15) is 5.69 Å². The van der Waals surface area contributed by atoms with Crippen molar-refractivity contribution in [3.8, 4) is 0 Å². The first-order chi connectivity index (χ1) is 14.4. The molecule has 1 aromatic rings. The van der Waals surface area contributed by atoms with Crippen molar-refractivity contribution in [3.05, 3.63) is 35.0 Å². The summed E-state index contributed by atoms with van der Waals surface area (Å²) in [5.74, 6) is -2.27. The van der Waals surface area contributed by atoms with E-state index < -0.39 is 37.0 Å². The van der Waals surface area contributed by atoms with Crippen molar-refractivity contribution in [3.63, 3.8) is 0 Å². The van der Waals surface area contributed by atoms with Crippen LogP contribution in [0.3, 0.4) is 0 Å². The van der Waals surface area contributed by atoms with Crippen LogP contribution in [0.5, 0.6) is 0 Å². The number of phosphoric acid groups is 1. The molecular weight excluding hydrogens is 477 g/mol. The summed E-state index contributed by atoms with van der Waals surface area (Å²) in [6.45, 7) is 3.56. The molecule has 2 aliphatic rings. The summed E-state index contributed by atoms with van der Waals surface area (Å²) in [5, 5.41) is 24.9. The van der Waals surface area contributed by atoms with Gasteiger partial charge in [-0.25, -0.2) is 14.3 Å². The molecule has 17 heteroatoms. The average molecular weight is 493 g/mol. The van der Waals surface area contributed by atoms with E-state index in [1.807, 2.05) is 0 Å². The van der Waals surface area contributed by atoms with Gasteiger partial charge in [0.2, 0.25) is 0 Å². The SMILES string of the molecule is C=CC1=C(C(=O)O)N2C(=O)[C@@H](NC(=O)C(=NO)c3csc(N)n3)[C@H]2SC1.O=P(O)(O)O. The summed E-state index contributed by atoms with van der Waals surface area (Å²) >= 11 is 2.37. The first-order valence-corrected chi connectivity index (χ1v) is 11.4. The van der Waals surface area contributed by atoms with E-state index in [0.717, 1.165) is 16.2 Å². The van der Waals surface area contributed by atoms with Gasteiger partial charge in [-0.05, 0) is 5.57 Å². The number of rotatable bonds is 5. The minimum Gasteiger partial charge on any atom is -0.477 e. The van der Waals surface area contributed by atoms with E-state index in [1.54, 1.807) is 0 Å². The first kappa shape index (κ1) is 24.5. The number of thiazole rings is 1. The van der Waals surface area contributed by atoms with E-state index in [2.05, 4.69) is 22.0 Å². The molecule has 8 N–H and O–H groups in total. The molecule has 3 rings (SSSR count). The summed E-state index contributed by atoms with van der Waals surface area (Å²) in [5.41, 5.74) is 5.49. The average Bonchev–Trinajstić information content (AvgIpc) is 3.09. The number of anilines is 1. The number of allylic oxidation sites excluding steroid dienone is 1. The second kappa shape index (κ2) is 9.59. The van der Waals surface area contributed by atoms with E-state index in [4.69, 9.17) is 30.2 Å². The molecular formula is C14H16N5O9PS2. The number of thioether (sulfide) groups is 1. The number of carboxylic acid groups (broad SMARTS) is 1. The lowest BCUT2D eigenvalue weighted by Gasteiger charge is -2.49. The molecule has 2 atom stereocenters. The van der Waals surface area contributed by atoms with Crippen molar-refractivity contribution < 1.29 is 43.9 Å². The number of hydrogen-bond donors (Lipinski definition) is 7. The van der Waals surface area contributed by atoms with Gasteiger partial charge in [-0.3, -0.25) is 14.5 Å². The lowest BCUT2D eigenvalue weighted by atomic mass is 10.0. The number of aromatic nitrogens is 1. The van der Waals surface area contributed by atoms with E-state index >= 15 is 0 Å². The molecule has 31 heavy (non-hydrogen) atoms. The van der Waals surface area contributed by atoms with Gasteiger partial charge in [-0.15, -0.1) is 23.1 Å². The van der Waals surface area contributed by atoms with Crippen LogP contribution in [-0.2, 0) is 18.9 Å². The number of nitrogens with two attached hydrogens (primary N) is 1. The lowest BCUT2D eigenvalue weighted by molar-refractivity contribution is -0.150. The smallest absolute Gasteiger partial charge is 0.466 e. The van der Waals surface area contributed by atoms with Crippen LogP contribution in [-0.4, -0.2) is 75.5 Å². The van der Waals surface area contributed by atoms with E-state index in [1.165, 1.54) is 23.2 Å².